The van der Waals surface area contributed by atoms with Crippen molar-refractivity contribution in [2.75, 3.05) is 26.0 Å². The molecule has 3 rings (SSSR count). The van der Waals surface area contributed by atoms with Crippen LogP contribution < -0.4 is 5.32 Å². The molecular formula is C18H21N5O. The predicted molar refractivity (Wildman–Crippen MR) is 95.2 cm³/mol. The number of carbonyl (C=O) groups is 1. The number of aromatic amines is 1. The van der Waals surface area contributed by atoms with E-state index in [-0.39, 0.29) is 5.91 Å². The van der Waals surface area contributed by atoms with E-state index in [0.29, 0.717) is 5.56 Å². The van der Waals surface area contributed by atoms with E-state index in [1.54, 1.807) is 26.4 Å². The van der Waals surface area contributed by atoms with Gasteiger partial charge >= 0.3 is 0 Å². The highest BCUT2D eigenvalue weighted by molar-refractivity contribution is 5.93. The van der Waals surface area contributed by atoms with E-state index in [1.165, 1.54) is 4.90 Å². The minimum Gasteiger partial charge on any atom is -0.370 e. The molecular weight excluding hydrogens is 302 g/mol. The van der Waals surface area contributed by atoms with Crippen LogP contribution in [0.5, 0.6) is 0 Å². The zero-order chi connectivity index (χ0) is 16.9. The largest absolute Gasteiger partial charge is 0.370 e. The molecule has 6 heteroatoms. The fourth-order valence-electron chi connectivity index (χ4n) is 2.48. The summed E-state index contributed by atoms with van der Waals surface area (Å²) in [6.07, 6.45) is 3.42. The number of amides is 1. The van der Waals surface area contributed by atoms with Crippen molar-refractivity contribution in [2.45, 2.75) is 12.8 Å². The van der Waals surface area contributed by atoms with E-state index in [0.717, 1.165) is 42.1 Å². The highest BCUT2D eigenvalue weighted by Crippen LogP contribution is 2.12. The second kappa shape index (κ2) is 7.12. The third-order valence-corrected chi connectivity index (χ3v) is 3.75. The van der Waals surface area contributed by atoms with E-state index in [1.807, 2.05) is 30.3 Å². The maximum atomic E-state index is 11.8. The number of nitrogens with zero attached hydrogens (tertiary/aromatic N) is 3. The second-order valence-electron chi connectivity index (χ2n) is 5.86. The lowest BCUT2D eigenvalue weighted by Crippen LogP contribution is -2.21. The number of pyridine rings is 1. The van der Waals surface area contributed by atoms with Crippen molar-refractivity contribution in [3.8, 4) is 0 Å². The average molecular weight is 323 g/mol. The van der Waals surface area contributed by atoms with Gasteiger partial charge in [0.15, 0.2) is 0 Å². The molecule has 0 unspecified atom stereocenters. The summed E-state index contributed by atoms with van der Waals surface area (Å²) < 4.78 is 0. The van der Waals surface area contributed by atoms with E-state index in [2.05, 4.69) is 20.3 Å². The quantitative estimate of drug-likeness (QED) is 0.684. The number of imidazole rings is 1. The van der Waals surface area contributed by atoms with Crippen LogP contribution in [-0.4, -0.2) is 46.4 Å². The molecule has 124 valence electrons. The second-order valence-corrected chi connectivity index (χ2v) is 5.86. The molecule has 1 aromatic carbocycles. The Kier molecular flexibility index (Phi) is 4.74. The lowest BCUT2D eigenvalue weighted by atomic mass is 10.2. The van der Waals surface area contributed by atoms with Crippen molar-refractivity contribution in [1.29, 1.82) is 0 Å². The average Bonchev–Trinajstić information content (AvgIpc) is 3.01. The number of aromatic nitrogens is 3. The van der Waals surface area contributed by atoms with E-state index in [4.69, 9.17) is 0 Å². The van der Waals surface area contributed by atoms with Crippen molar-refractivity contribution in [3.63, 3.8) is 0 Å². The third-order valence-electron chi connectivity index (χ3n) is 3.75. The number of para-hydroxylation sites is 2. The van der Waals surface area contributed by atoms with Gasteiger partial charge in [0.25, 0.3) is 5.91 Å². The van der Waals surface area contributed by atoms with Gasteiger partial charge in [0, 0.05) is 33.3 Å². The molecule has 0 saturated carbocycles. The Bertz CT molecular complexity index is 790. The normalized spacial score (nSPS) is 10.8. The van der Waals surface area contributed by atoms with Gasteiger partial charge < -0.3 is 15.2 Å². The summed E-state index contributed by atoms with van der Waals surface area (Å²) >= 11 is 0. The molecule has 0 spiro atoms. The number of H-pyrrole nitrogens is 1. The molecule has 1 amide bonds. The van der Waals surface area contributed by atoms with Crippen LogP contribution in [0.3, 0.4) is 0 Å². The van der Waals surface area contributed by atoms with Gasteiger partial charge in [0.1, 0.15) is 11.6 Å². The molecule has 2 heterocycles. The van der Waals surface area contributed by atoms with Crippen LogP contribution in [0.1, 0.15) is 22.6 Å². The first-order valence-corrected chi connectivity index (χ1v) is 7.98. The number of hydrogen-bond donors (Lipinski definition) is 2. The molecule has 0 saturated heterocycles. The topological polar surface area (TPSA) is 73.9 Å². The highest BCUT2D eigenvalue weighted by atomic mass is 16.2. The summed E-state index contributed by atoms with van der Waals surface area (Å²) in [5, 5.41) is 3.27. The Balaban J connectivity index is 1.48. The number of aryl methyl sites for hydroxylation is 1. The molecule has 3 aromatic rings. The van der Waals surface area contributed by atoms with Crippen molar-refractivity contribution < 1.29 is 4.79 Å². The maximum absolute atomic E-state index is 11.8. The lowest BCUT2D eigenvalue weighted by Gasteiger charge is -2.10. The van der Waals surface area contributed by atoms with Crippen molar-refractivity contribution >= 4 is 22.8 Å². The van der Waals surface area contributed by atoms with E-state index < -0.39 is 0 Å². The fourth-order valence-corrected chi connectivity index (χ4v) is 2.48. The third kappa shape index (κ3) is 3.71. The molecule has 0 fully saturated rings. The van der Waals surface area contributed by atoms with Gasteiger partial charge in [-0.3, -0.25) is 4.79 Å². The smallest absolute Gasteiger partial charge is 0.254 e. The number of hydrogen-bond acceptors (Lipinski definition) is 4. The highest BCUT2D eigenvalue weighted by Gasteiger charge is 2.08. The summed E-state index contributed by atoms with van der Waals surface area (Å²) in [5.74, 6) is 1.73. The lowest BCUT2D eigenvalue weighted by molar-refractivity contribution is 0.0827. The number of carbonyl (C=O) groups excluding carboxylic acids is 1. The van der Waals surface area contributed by atoms with Gasteiger partial charge in [-0.1, -0.05) is 12.1 Å². The van der Waals surface area contributed by atoms with Crippen LogP contribution in [0.15, 0.2) is 42.6 Å². The zero-order valence-electron chi connectivity index (χ0n) is 13.9. The molecule has 0 radical (unpaired) electrons. The van der Waals surface area contributed by atoms with E-state index >= 15 is 0 Å². The Hall–Kier alpha value is -2.89. The summed E-state index contributed by atoms with van der Waals surface area (Å²) in [6.45, 7) is 0.797. The van der Waals surface area contributed by atoms with Crippen molar-refractivity contribution in [1.82, 2.24) is 19.9 Å². The summed E-state index contributed by atoms with van der Waals surface area (Å²) in [7, 11) is 3.46. The molecule has 0 aliphatic carbocycles. The molecule has 24 heavy (non-hydrogen) atoms. The molecule has 0 atom stereocenters. The predicted octanol–water partition coefficient (Wildman–Crippen LogP) is 2.70. The molecule has 0 aliphatic rings. The molecule has 0 aliphatic heterocycles. The van der Waals surface area contributed by atoms with Crippen LogP contribution in [0.2, 0.25) is 0 Å². The van der Waals surface area contributed by atoms with Gasteiger partial charge in [-0.2, -0.15) is 0 Å². The number of nitrogens with one attached hydrogen (secondary N) is 2. The Morgan fingerprint density at radius 1 is 1.21 bits per heavy atom. The molecule has 6 nitrogen and oxygen atoms in total. The summed E-state index contributed by atoms with van der Waals surface area (Å²) in [5.41, 5.74) is 2.67. The SMILES string of the molecule is CN(C)C(=O)c1ccc(NCCCc2nc3ccccc3[nH]2)nc1. The number of rotatable bonds is 6. The van der Waals surface area contributed by atoms with Gasteiger partial charge in [0.05, 0.1) is 16.6 Å². The van der Waals surface area contributed by atoms with Crippen LogP contribution in [-0.2, 0) is 6.42 Å². The fraction of sp³-hybridized carbons (Fsp3) is 0.278. The standard InChI is InChI=1S/C18H21N5O/c1-23(2)18(24)13-9-10-16(20-12-13)19-11-5-8-17-21-14-6-3-4-7-15(14)22-17/h3-4,6-7,9-10,12H,5,8,11H2,1-2H3,(H,19,20)(H,21,22). The van der Waals surface area contributed by atoms with Gasteiger partial charge in [0.2, 0.25) is 0 Å². The maximum Gasteiger partial charge on any atom is 0.254 e. The number of anilines is 1. The van der Waals surface area contributed by atoms with Crippen molar-refractivity contribution in [3.05, 3.63) is 54.0 Å². The van der Waals surface area contributed by atoms with Crippen LogP contribution in [0.25, 0.3) is 11.0 Å². The minimum absolute atomic E-state index is 0.0427. The first-order valence-electron chi connectivity index (χ1n) is 7.98. The summed E-state index contributed by atoms with van der Waals surface area (Å²) in [4.78, 5) is 25.5. The molecule has 2 aromatic heterocycles. The Morgan fingerprint density at radius 2 is 2.04 bits per heavy atom. The van der Waals surface area contributed by atoms with Gasteiger partial charge in [-0.15, -0.1) is 0 Å². The van der Waals surface area contributed by atoms with Crippen LogP contribution in [0, 0.1) is 0 Å². The Labute approximate surface area is 140 Å². The molecule has 0 bridgehead atoms. The first kappa shape index (κ1) is 16.0. The van der Waals surface area contributed by atoms with Crippen LogP contribution >= 0.6 is 0 Å². The molecule has 2 N–H and O–H groups in total. The van der Waals surface area contributed by atoms with E-state index in [9.17, 15) is 4.79 Å². The summed E-state index contributed by atoms with van der Waals surface area (Å²) in [6, 6.07) is 11.7. The zero-order valence-corrected chi connectivity index (χ0v) is 13.9. The number of benzene rings is 1. The minimum atomic E-state index is -0.0427. The van der Waals surface area contributed by atoms with Crippen molar-refractivity contribution in [2.24, 2.45) is 0 Å². The monoisotopic (exact) mass is 323 g/mol. The Morgan fingerprint density at radius 3 is 2.75 bits per heavy atom. The number of fused-ring (bicyclic) bond motifs is 1. The van der Waals surface area contributed by atoms with Gasteiger partial charge in [-0.05, 0) is 30.7 Å². The van der Waals surface area contributed by atoms with Crippen LogP contribution in [0.4, 0.5) is 5.82 Å². The van der Waals surface area contributed by atoms with Gasteiger partial charge in [-0.25, -0.2) is 9.97 Å². The first-order chi connectivity index (χ1) is 11.6.